The highest BCUT2D eigenvalue weighted by atomic mass is 16.5. The van der Waals surface area contributed by atoms with Gasteiger partial charge in [-0.3, -0.25) is 4.79 Å². The van der Waals surface area contributed by atoms with Gasteiger partial charge in [-0.15, -0.1) is 0 Å². The van der Waals surface area contributed by atoms with E-state index in [1.165, 1.54) is 12.4 Å². The Hall–Kier alpha value is -3.62. The summed E-state index contributed by atoms with van der Waals surface area (Å²) in [5.74, 6) is 1.91. The van der Waals surface area contributed by atoms with Gasteiger partial charge < -0.3 is 19.7 Å². The summed E-state index contributed by atoms with van der Waals surface area (Å²) in [6.45, 7) is 4.86. The normalized spacial score (nSPS) is 16.1. The van der Waals surface area contributed by atoms with Gasteiger partial charge >= 0.3 is 0 Å². The van der Waals surface area contributed by atoms with Crippen LogP contribution < -0.4 is 14.8 Å². The van der Waals surface area contributed by atoms with Crippen molar-refractivity contribution in [1.82, 2.24) is 24.5 Å². The summed E-state index contributed by atoms with van der Waals surface area (Å²) in [6.07, 6.45) is 5.54. The number of anilines is 2. The number of nitrogens with zero attached hydrogens (tertiary/aromatic N) is 5. The topological polar surface area (TPSA) is 93.9 Å². The number of ether oxygens (including phenoxy) is 2. The smallest absolute Gasteiger partial charge is 0.245 e. The number of methoxy groups -OCH3 is 2. The summed E-state index contributed by atoms with van der Waals surface area (Å²) < 4.78 is 12.4. The minimum absolute atomic E-state index is 0.0574. The van der Waals surface area contributed by atoms with E-state index in [1.54, 1.807) is 23.6 Å². The standard InChI is InChI=1S/C20H22N6O3/c1-4-18(27)25-8-7-13(10-25)15-11-26-20(21-12-22-26)19(24-15)23-14-5-6-16(28-2)17(9-14)29-3/h4-6,9,11-13H,1,7-8,10H2,2-3H3,(H,23,24)/t13-/m1/s1. The number of hydrogen-bond acceptors (Lipinski definition) is 7. The van der Waals surface area contributed by atoms with Crippen molar-refractivity contribution in [1.29, 1.82) is 0 Å². The van der Waals surface area contributed by atoms with Gasteiger partial charge in [0.15, 0.2) is 23.0 Å². The zero-order chi connectivity index (χ0) is 20.4. The highest BCUT2D eigenvalue weighted by Gasteiger charge is 2.28. The van der Waals surface area contributed by atoms with Gasteiger partial charge in [-0.25, -0.2) is 14.5 Å². The van der Waals surface area contributed by atoms with E-state index in [9.17, 15) is 4.79 Å². The molecule has 1 aliphatic rings. The van der Waals surface area contributed by atoms with Crippen molar-refractivity contribution < 1.29 is 14.3 Å². The van der Waals surface area contributed by atoms with Crippen molar-refractivity contribution >= 4 is 23.1 Å². The Morgan fingerprint density at radius 2 is 2.14 bits per heavy atom. The Morgan fingerprint density at radius 3 is 2.90 bits per heavy atom. The third-order valence-electron chi connectivity index (χ3n) is 5.02. The Morgan fingerprint density at radius 1 is 1.31 bits per heavy atom. The summed E-state index contributed by atoms with van der Waals surface area (Å²) in [5, 5.41) is 7.57. The number of benzene rings is 1. The van der Waals surface area contributed by atoms with Crippen LogP contribution in [0.1, 0.15) is 18.0 Å². The lowest BCUT2D eigenvalue weighted by molar-refractivity contribution is -0.125. The van der Waals surface area contributed by atoms with Gasteiger partial charge in [-0.05, 0) is 24.6 Å². The Labute approximate surface area is 168 Å². The molecule has 150 valence electrons. The van der Waals surface area contributed by atoms with Gasteiger partial charge in [0.2, 0.25) is 5.91 Å². The highest BCUT2D eigenvalue weighted by molar-refractivity contribution is 5.87. The van der Waals surface area contributed by atoms with Crippen molar-refractivity contribution in [2.24, 2.45) is 0 Å². The number of rotatable bonds is 6. The zero-order valence-electron chi connectivity index (χ0n) is 16.3. The van der Waals surface area contributed by atoms with E-state index >= 15 is 0 Å². The van der Waals surface area contributed by atoms with E-state index in [0.717, 1.165) is 17.8 Å². The molecule has 1 fully saturated rings. The second-order valence-corrected chi connectivity index (χ2v) is 6.71. The maximum atomic E-state index is 11.9. The van der Waals surface area contributed by atoms with E-state index < -0.39 is 0 Å². The third kappa shape index (κ3) is 3.58. The van der Waals surface area contributed by atoms with E-state index in [0.29, 0.717) is 36.1 Å². The molecule has 0 aliphatic carbocycles. The molecule has 0 saturated carbocycles. The van der Waals surface area contributed by atoms with E-state index in [-0.39, 0.29) is 11.8 Å². The predicted octanol–water partition coefficient (Wildman–Crippen LogP) is 2.39. The molecule has 1 atom stereocenters. The average molecular weight is 394 g/mol. The number of aromatic nitrogens is 4. The largest absolute Gasteiger partial charge is 0.493 e. The first-order valence-electron chi connectivity index (χ1n) is 9.23. The molecule has 3 heterocycles. The summed E-state index contributed by atoms with van der Waals surface area (Å²) in [6, 6.07) is 5.53. The van der Waals surface area contributed by atoms with Crippen LogP contribution in [-0.2, 0) is 4.79 Å². The summed E-state index contributed by atoms with van der Waals surface area (Å²) >= 11 is 0. The molecule has 0 unspecified atom stereocenters. The van der Waals surface area contributed by atoms with Crippen LogP contribution in [0.4, 0.5) is 11.5 Å². The predicted molar refractivity (Wildman–Crippen MR) is 108 cm³/mol. The number of fused-ring (bicyclic) bond motifs is 1. The molecule has 1 saturated heterocycles. The molecule has 1 aromatic carbocycles. The van der Waals surface area contributed by atoms with Crippen molar-refractivity contribution in [3.05, 3.63) is 49.1 Å². The van der Waals surface area contributed by atoms with E-state index in [4.69, 9.17) is 14.5 Å². The van der Waals surface area contributed by atoms with Crippen molar-refractivity contribution in [2.45, 2.75) is 12.3 Å². The lowest BCUT2D eigenvalue weighted by Gasteiger charge is -2.15. The molecule has 29 heavy (non-hydrogen) atoms. The lowest BCUT2D eigenvalue weighted by atomic mass is 10.1. The maximum absolute atomic E-state index is 11.9. The first-order chi connectivity index (χ1) is 14.1. The molecule has 9 nitrogen and oxygen atoms in total. The molecular weight excluding hydrogens is 372 g/mol. The molecule has 4 rings (SSSR count). The fraction of sp³-hybridized carbons (Fsp3) is 0.300. The van der Waals surface area contributed by atoms with Gasteiger partial charge in [0.25, 0.3) is 0 Å². The van der Waals surface area contributed by atoms with E-state index in [1.807, 2.05) is 24.4 Å². The van der Waals surface area contributed by atoms with Gasteiger partial charge in [-0.1, -0.05) is 6.58 Å². The summed E-state index contributed by atoms with van der Waals surface area (Å²) in [5.41, 5.74) is 2.25. The molecule has 1 N–H and O–H groups in total. The van der Waals surface area contributed by atoms with Crippen LogP contribution in [0.3, 0.4) is 0 Å². The number of carbonyl (C=O) groups excluding carboxylic acids is 1. The van der Waals surface area contributed by atoms with Crippen LogP contribution in [0.2, 0.25) is 0 Å². The Balaban J connectivity index is 1.66. The van der Waals surface area contributed by atoms with Crippen LogP contribution in [0.5, 0.6) is 11.5 Å². The third-order valence-corrected chi connectivity index (χ3v) is 5.02. The van der Waals surface area contributed by atoms with Crippen LogP contribution in [0.25, 0.3) is 5.65 Å². The van der Waals surface area contributed by atoms with Crippen LogP contribution in [0.15, 0.2) is 43.4 Å². The molecule has 3 aromatic rings. The quantitative estimate of drug-likeness (QED) is 0.642. The molecular formula is C20H22N6O3. The van der Waals surface area contributed by atoms with Crippen molar-refractivity contribution in [3.63, 3.8) is 0 Å². The van der Waals surface area contributed by atoms with Gasteiger partial charge in [0.05, 0.1) is 26.1 Å². The first kappa shape index (κ1) is 18.7. The fourth-order valence-electron chi connectivity index (χ4n) is 3.51. The number of nitrogens with one attached hydrogen (secondary N) is 1. The monoisotopic (exact) mass is 394 g/mol. The molecule has 2 aromatic heterocycles. The van der Waals surface area contributed by atoms with Gasteiger partial charge in [0, 0.05) is 30.8 Å². The second-order valence-electron chi connectivity index (χ2n) is 6.71. The van der Waals surface area contributed by atoms with Crippen molar-refractivity contribution in [2.75, 3.05) is 32.6 Å². The number of likely N-dealkylation sites (tertiary alicyclic amines) is 1. The minimum Gasteiger partial charge on any atom is -0.493 e. The minimum atomic E-state index is -0.0574. The summed E-state index contributed by atoms with van der Waals surface area (Å²) in [7, 11) is 3.19. The molecule has 0 bridgehead atoms. The lowest BCUT2D eigenvalue weighted by Crippen LogP contribution is -2.26. The molecule has 1 aliphatic heterocycles. The fourth-order valence-corrected chi connectivity index (χ4v) is 3.51. The van der Waals surface area contributed by atoms with E-state index in [2.05, 4.69) is 22.0 Å². The number of amides is 1. The van der Waals surface area contributed by atoms with Crippen molar-refractivity contribution in [3.8, 4) is 11.5 Å². The first-order valence-corrected chi connectivity index (χ1v) is 9.23. The Bertz CT molecular complexity index is 1060. The molecule has 0 radical (unpaired) electrons. The average Bonchev–Trinajstić information content (AvgIpc) is 3.42. The molecule has 0 spiro atoms. The molecule has 1 amide bonds. The van der Waals surface area contributed by atoms with Crippen LogP contribution in [-0.4, -0.2) is 57.7 Å². The number of hydrogen-bond donors (Lipinski definition) is 1. The molecule has 9 heteroatoms. The Kier molecular flexibility index (Phi) is 5.03. The second kappa shape index (κ2) is 7.78. The summed E-state index contributed by atoms with van der Waals surface area (Å²) in [4.78, 5) is 22.8. The number of carbonyl (C=O) groups is 1. The zero-order valence-corrected chi connectivity index (χ0v) is 16.3. The van der Waals surface area contributed by atoms with Gasteiger partial charge in [0.1, 0.15) is 6.33 Å². The van der Waals surface area contributed by atoms with Crippen LogP contribution >= 0.6 is 0 Å². The van der Waals surface area contributed by atoms with Gasteiger partial charge in [-0.2, -0.15) is 5.10 Å². The highest BCUT2D eigenvalue weighted by Crippen LogP contribution is 2.32. The SMILES string of the molecule is C=CC(=O)N1CC[C@@H](c2cn3ncnc3c(Nc3ccc(OC)c(OC)c3)n2)C1. The maximum Gasteiger partial charge on any atom is 0.245 e. The van der Waals surface area contributed by atoms with Crippen LogP contribution in [0, 0.1) is 0 Å².